The van der Waals surface area contributed by atoms with Crippen LogP contribution in [0.1, 0.15) is 25.3 Å². The molecule has 1 rings (SSSR count). The van der Waals surface area contributed by atoms with Gasteiger partial charge in [0.15, 0.2) is 0 Å². The molecule has 5 nitrogen and oxygen atoms in total. The molecule has 0 aromatic heterocycles. The Morgan fingerprint density at radius 3 is 2.68 bits per heavy atom. The predicted octanol–water partition coefficient (Wildman–Crippen LogP) is 1.67. The first-order valence-corrected chi connectivity index (χ1v) is 7.87. The molecular formula is C12H19ClN2O3S. The summed E-state index contributed by atoms with van der Waals surface area (Å²) in [6.07, 6.45) is 0.464. The molecule has 19 heavy (non-hydrogen) atoms. The van der Waals surface area contributed by atoms with E-state index in [1.165, 1.54) is 12.1 Å². The summed E-state index contributed by atoms with van der Waals surface area (Å²) in [5, 5.41) is 9.72. The second kappa shape index (κ2) is 6.56. The van der Waals surface area contributed by atoms with Crippen LogP contribution in [0.2, 0.25) is 5.02 Å². The average molecular weight is 307 g/mol. The standard InChI is InChI=1S/C12H19ClN2O3S/c1-3-9(16)4-5-15-19(17,18)12-7-11(14)10(13)6-8(12)2/h6-7,9,15-16H,3-5,14H2,1-2H3. The van der Waals surface area contributed by atoms with Crippen molar-refractivity contribution >= 4 is 27.3 Å². The van der Waals surface area contributed by atoms with Crippen molar-refractivity contribution in [2.45, 2.75) is 37.7 Å². The van der Waals surface area contributed by atoms with Gasteiger partial charge in [-0.2, -0.15) is 0 Å². The highest BCUT2D eigenvalue weighted by Crippen LogP contribution is 2.26. The van der Waals surface area contributed by atoms with E-state index in [-0.39, 0.29) is 17.1 Å². The number of nitrogens with one attached hydrogen (secondary N) is 1. The van der Waals surface area contributed by atoms with Crippen LogP contribution in [0.15, 0.2) is 17.0 Å². The number of rotatable bonds is 6. The fraction of sp³-hybridized carbons (Fsp3) is 0.500. The number of sulfonamides is 1. The number of nitrogen functional groups attached to an aromatic ring is 1. The summed E-state index contributed by atoms with van der Waals surface area (Å²) in [4.78, 5) is 0.111. The third-order valence-electron chi connectivity index (χ3n) is 2.82. The molecule has 0 saturated carbocycles. The Hall–Kier alpha value is -0.820. The summed E-state index contributed by atoms with van der Waals surface area (Å²) in [6, 6.07) is 2.86. The largest absolute Gasteiger partial charge is 0.397 e. The lowest BCUT2D eigenvalue weighted by atomic mass is 10.2. The van der Waals surface area contributed by atoms with Crippen LogP contribution in [0.3, 0.4) is 0 Å². The van der Waals surface area contributed by atoms with Gasteiger partial charge in [-0.25, -0.2) is 13.1 Å². The van der Waals surface area contributed by atoms with E-state index in [0.717, 1.165) is 0 Å². The molecule has 108 valence electrons. The molecular weight excluding hydrogens is 288 g/mol. The van der Waals surface area contributed by atoms with E-state index in [4.69, 9.17) is 17.3 Å². The molecule has 0 aliphatic carbocycles. The van der Waals surface area contributed by atoms with Gasteiger partial charge >= 0.3 is 0 Å². The quantitative estimate of drug-likeness (QED) is 0.697. The number of halogens is 1. The molecule has 1 aromatic rings. The number of benzene rings is 1. The normalized spacial score (nSPS) is 13.5. The minimum absolute atomic E-state index is 0.111. The summed E-state index contributed by atoms with van der Waals surface area (Å²) in [5.41, 5.74) is 6.37. The molecule has 0 amide bonds. The molecule has 1 aromatic carbocycles. The van der Waals surface area contributed by atoms with Gasteiger partial charge < -0.3 is 10.8 Å². The molecule has 0 fully saturated rings. The summed E-state index contributed by atoms with van der Waals surface area (Å²) in [5.74, 6) is 0. The smallest absolute Gasteiger partial charge is 0.240 e. The number of nitrogens with two attached hydrogens (primary N) is 1. The lowest BCUT2D eigenvalue weighted by Gasteiger charge is -2.12. The Labute approximate surface area is 118 Å². The number of aryl methyl sites for hydroxylation is 1. The van der Waals surface area contributed by atoms with Gasteiger partial charge in [0.1, 0.15) is 0 Å². The van der Waals surface area contributed by atoms with Gasteiger partial charge in [-0.05, 0) is 37.5 Å². The summed E-state index contributed by atoms with van der Waals surface area (Å²) >= 11 is 5.83. The van der Waals surface area contributed by atoms with Crippen molar-refractivity contribution in [2.24, 2.45) is 0 Å². The Morgan fingerprint density at radius 1 is 1.47 bits per heavy atom. The summed E-state index contributed by atoms with van der Waals surface area (Å²) < 4.78 is 26.6. The number of anilines is 1. The molecule has 0 aliphatic heterocycles. The second-order valence-electron chi connectivity index (χ2n) is 4.39. The van der Waals surface area contributed by atoms with E-state index in [9.17, 15) is 13.5 Å². The molecule has 7 heteroatoms. The van der Waals surface area contributed by atoms with Crippen LogP contribution in [0.5, 0.6) is 0 Å². The van der Waals surface area contributed by atoms with Crippen molar-refractivity contribution in [1.29, 1.82) is 0 Å². The maximum Gasteiger partial charge on any atom is 0.240 e. The molecule has 4 N–H and O–H groups in total. The van der Waals surface area contributed by atoms with Crippen molar-refractivity contribution in [3.63, 3.8) is 0 Å². The zero-order valence-corrected chi connectivity index (χ0v) is 12.6. The van der Waals surface area contributed by atoms with Crippen LogP contribution in [0, 0.1) is 6.92 Å². The van der Waals surface area contributed by atoms with Crippen LogP contribution in [0.4, 0.5) is 5.69 Å². The van der Waals surface area contributed by atoms with Gasteiger partial charge in [-0.15, -0.1) is 0 Å². The highest BCUT2D eigenvalue weighted by Gasteiger charge is 2.18. The maximum absolute atomic E-state index is 12.1. The van der Waals surface area contributed by atoms with E-state index >= 15 is 0 Å². The number of aliphatic hydroxyl groups excluding tert-OH is 1. The molecule has 0 radical (unpaired) electrons. The van der Waals surface area contributed by atoms with Gasteiger partial charge in [-0.3, -0.25) is 0 Å². The third kappa shape index (κ3) is 4.35. The van der Waals surface area contributed by atoms with Crippen LogP contribution in [0.25, 0.3) is 0 Å². The van der Waals surface area contributed by atoms with Crippen molar-refractivity contribution in [2.75, 3.05) is 12.3 Å². The Bertz CT molecular complexity index is 546. The van der Waals surface area contributed by atoms with Crippen LogP contribution >= 0.6 is 11.6 Å². The topological polar surface area (TPSA) is 92.4 Å². The van der Waals surface area contributed by atoms with E-state index in [0.29, 0.717) is 23.4 Å². The first-order valence-electron chi connectivity index (χ1n) is 6.01. The lowest BCUT2D eigenvalue weighted by Crippen LogP contribution is -2.27. The van der Waals surface area contributed by atoms with Gasteiger partial charge in [0.25, 0.3) is 0 Å². The summed E-state index contributed by atoms with van der Waals surface area (Å²) in [6.45, 7) is 3.67. The highest BCUT2D eigenvalue weighted by atomic mass is 35.5. The molecule has 0 bridgehead atoms. The highest BCUT2D eigenvalue weighted by molar-refractivity contribution is 7.89. The zero-order chi connectivity index (χ0) is 14.6. The van der Waals surface area contributed by atoms with Crippen LogP contribution < -0.4 is 10.5 Å². The monoisotopic (exact) mass is 306 g/mol. The number of aliphatic hydroxyl groups is 1. The zero-order valence-electron chi connectivity index (χ0n) is 11.0. The molecule has 1 unspecified atom stereocenters. The van der Waals surface area contributed by atoms with Gasteiger partial charge in [0.2, 0.25) is 10.0 Å². The average Bonchev–Trinajstić information content (AvgIpc) is 2.33. The van der Waals surface area contributed by atoms with Crippen molar-refractivity contribution in [3.8, 4) is 0 Å². The molecule has 1 atom stereocenters. The molecule has 0 spiro atoms. The molecule has 0 saturated heterocycles. The minimum Gasteiger partial charge on any atom is -0.397 e. The van der Waals surface area contributed by atoms with Gasteiger partial charge in [0.05, 0.1) is 21.7 Å². The summed E-state index contributed by atoms with van der Waals surface area (Å²) in [7, 11) is -3.63. The predicted molar refractivity (Wildman–Crippen MR) is 76.7 cm³/mol. The molecule has 0 aliphatic rings. The van der Waals surface area contributed by atoms with E-state index in [2.05, 4.69) is 4.72 Å². The first kappa shape index (κ1) is 16.2. The van der Waals surface area contributed by atoms with Gasteiger partial charge in [-0.1, -0.05) is 18.5 Å². The lowest BCUT2D eigenvalue weighted by molar-refractivity contribution is 0.162. The minimum atomic E-state index is -3.63. The third-order valence-corrected chi connectivity index (χ3v) is 4.76. The second-order valence-corrected chi connectivity index (χ2v) is 6.53. The van der Waals surface area contributed by atoms with Crippen LogP contribution in [-0.4, -0.2) is 26.2 Å². The fourth-order valence-electron chi connectivity index (χ4n) is 1.60. The van der Waals surface area contributed by atoms with Crippen LogP contribution in [-0.2, 0) is 10.0 Å². The Balaban J connectivity index is 2.86. The van der Waals surface area contributed by atoms with Crippen molar-refractivity contribution < 1.29 is 13.5 Å². The SMILES string of the molecule is CCC(O)CCNS(=O)(=O)c1cc(N)c(Cl)cc1C. The van der Waals surface area contributed by atoms with E-state index < -0.39 is 16.1 Å². The number of hydrogen-bond acceptors (Lipinski definition) is 4. The van der Waals surface area contributed by atoms with E-state index in [1.54, 1.807) is 6.92 Å². The van der Waals surface area contributed by atoms with Crippen molar-refractivity contribution in [3.05, 3.63) is 22.7 Å². The Morgan fingerprint density at radius 2 is 2.11 bits per heavy atom. The van der Waals surface area contributed by atoms with Crippen molar-refractivity contribution in [1.82, 2.24) is 4.72 Å². The fourth-order valence-corrected chi connectivity index (χ4v) is 3.13. The van der Waals surface area contributed by atoms with Gasteiger partial charge in [0, 0.05) is 6.54 Å². The maximum atomic E-state index is 12.1. The van der Waals surface area contributed by atoms with E-state index in [1.807, 2.05) is 6.92 Å². The number of hydrogen-bond donors (Lipinski definition) is 3. The first-order chi connectivity index (χ1) is 8.77. The molecule has 0 heterocycles. The Kier molecular flexibility index (Phi) is 5.61.